The van der Waals surface area contributed by atoms with E-state index in [0.29, 0.717) is 19.4 Å². The molecule has 1 aromatic carbocycles. The maximum atomic E-state index is 12.1. The van der Waals surface area contributed by atoms with Gasteiger partial charge in [0.15, 0.2) is 0 Å². The number of amides is 1. The van der Waals surface area contributed by atoms with Crippen LogP contribution in [0.25, 0.3) is 0 Å². The van der Waals surface area contributed by atoms with Gasteiger partial charge in [0.25, 0.3) is 5.91 Å². The number of hydrogen-bond donors (Lipinski definition) is 2. The summed E-state index contributed by atoms with van der Waals surface area (Å²) in [6.45, 7) is 0.488. The van der Waals surface area contributed by atoms with E-state index in [2.05, 4.69) is 5.32 Å². The van der Waals surface area contributed by atoms with Gasteiger partial charge in [-0.1, -0.05) is 56.0 Å². The van der Waals surface area contributed by atoms with Gasteiger partial charge in [0.1, 0.15) is 5.60 Å². The van der Waals surface area contributed by atoms with Crippen LogP contribution >= 0.6 is 0 Å². The van der Waals surface area contributed by atoms with E-state index >= 15 is 0 Å². The summed E-state index contributed by atoms with van der Waals surface area (Å²) in [6, 6.07) is 9.78. The van der Waals surface area contributed by atoms with Gasteiger partial charge in [-0.05, 0) is 18.4 Å². The average Bonchev–Trinajstić information content (AvgIpc) is 2.63. The van der Waals surface area contributed by atoms with Gasteiger partial charge in [0.05, 0.1) is 0 Å². The van der Waals surface area contributed by atoms with Crippen molar-refractivity contribution >= 4 is 5.91 Å². The van der Waals surface area contributed by atoms with Crippen LogP contribution in [0.4, 0.5) is 0 Å². The summed E-state index contributed by atoms with van der Waals surface area (Å²) in [4.78, 5) is 12.1. The van der Waals surface area contributed by atoms with Crippen LogP contribution in [0, 0.1) is 0 Å². The molecule has 1 fully saturated rings. The summed E-state index contributed by atoms with van der Waals surface area (Å²) >= 11 is 0. The van der Waals surface area contributed by atoms with E-state index in [1.54, 1.807) is 0 Å². The fourth-order valence-corrected chi connectivity index (χ4v) is 2.48. The smallest absolute Gasteiger partial charge is 0.252 e. The van der Waals surface area contributed by atoms with Gasteiger partial charge in [0.2, 0.25) is 0 Å². The van der Waals surface area contributed by atoms with Crippen LogP contribution in [-0.4, -0.2) is 16.6 Å². The highest BCUT2D eigenvalue weighted by Crippen LogP contribution is 2.27. The third kappa shape index (κ3) is 3.33. The molecule has 0 bridgehead atoms. The first-order chi connectivity index (χ1) is 8.71. The zero-order valence-electron chi connectivity index (χ0n) is 10.7. The number of hydrogen-bond acceptors (Lipinski definition) is 2. The first-order valence-electron chi connectivity index (χ1n) is 6.75. The molecule has 0 atom stereocenters. The molecule has 1 saturated carbocycles. The van der Waals surface area contributed by atoms with Crippen molar-refractivity contribution in [3.63, 3.8) is 0 Å². The number of nitrogens with one attached hydrogen (secondary N) is 1. The van der Waals surface area contributed by atoms with E-state index in [0.717, 1.165) is 31.2 Å². The summed E-state index contributed by atoms with van der Waals surface area (Å²) in [7, 11) is 0. The number of benzene rings is 1. The molecule has 1 aliphatic carbocycles. The molecule has 2 N–H and O–H groups in total. The highest BCUT2D eigenvalue weighted by Gasteiger charge is 2.35. The SMILES string of the molecule is O=C(NCc1ccccc1)C1(O)CCCCCC1. The van der Waals surface area contributed by atoms with Crippen molar-refractivity contribution in [1.82, 2.24) is 5.32 Å². The molecule has 0 aromatic heterocycles. The van der Waals surface area contributed by atoms with Crippen LogP contribution in [-0.2, 0) is 11.3 Å². The zero-order chi connectivity index (χ0) is 12.8. The standard InChI is InChI=1S/C15H21NO2/c17-14(15(18)10-6-1-2-7-11-15)16-12-13-8-4-3-5-9-13/h3-5,8-9,18H,1-2,6-7,10-12H2,(H,16,17). The van der Waals surface area contributed by atoms with Crippen LogP contribution < -0.4 is 5.32 Å². The molecule has 2 rings (SSSR count). The normalized spacial score (nSPS) is 18.9. The predicted octanol–water partition coefficient (Wildman–Crippen LogP) is 2.39. The van der Waals surface area contributed by atoms with Crippen molar-refractivity contribution in [2.24, 2.45) is 0 Å². The third-order valence-corrected chi connectivity index (χ3v) is 3.65. The zero-order valence-corrected chi connectivity index (χ0v) is 10.7. The Labute approximate surface area is 108 Å². The predicted molar refractivity (Wildman–Crippen MR) is 70.9 cm³/mol. The number of rotatable bonds is 3. The molecule has 18 heavy (non-hydrogen) atoms. The summed E-state index contributed by atoms with van der Waals surface area (Å²) in [5, 5.41) is 13.2. The van der Waals surface area contributed by atoms with Gasteiger partial charge in [-0.3, -0.25) is 4.79 Å². The van der Waals surface area contributed by atoms with E-state index in [4.69, 9.17) is 0 Å². The Morgan fingerprint density at radius 1 is 1.11 bits per heavy atom. The summed E-state index contributed by atoms with van der Waals surface area (Å²) < 4.78 is 0. The largest absolute Gasteiger partial charge is 0.380 e. The lowest BCUT2D eigenvalue weighted by Crippen LogP contribution is -2.46. The van der Waals surface area contributed by atoms with Crippen LogP contribution in [0.5, 0.6) is 0 Å². The lowest BCUT2D eigenvalue weighted by atomic mass is 9.93. The highest BCUT2D eigenvalue weighted by atomic mass is 16.3. The van der Waals surface area contributed by atoms with Crippen molar-refractivity contribution in [1.29, 1.82) is 0 Å². The van der Waals surface area contributed by atoms with E-state index in [-0.39, 0.29) is 5.91 Å². The quantitative estimate of drug-likeness (QED) is 0.806. The second-order valence-electron chi connectivity index (χ2n) is 5.11. The van der Waals surface area contributed by atoms with E-state index < -0.39 is 5.60 Å². The monoisotopic (exact) mass is 247 g/mol. The minimum Gasteiger partial charge on any atom is -0.380 e. The number of carbonyl (C=O) groups excluding carboxylic acids is 1. The van der Waals surface area contributed by atoms with Crippen molar-refractivity contribution < 1.29 is 9.90 Å². The molecule has 0 aliphatic heterocycles. The Morgan fingerprint density at radius 2 is 1.72 bits per heavy atom. The maximum Gasteiger partial charge on any atom is 0.252 e. The molecule has 98 valence electrons. The molecule has 0 spiro atoms. The Morgan fingerprint density at radius 3 is 2.33 bits per heavy atom. The number of carbonyl (C=O) groups is 1. The lowest BCUT2D eigenvalue weighted by molar-refractivity contribution is -0.141. The Hall–Kier alpha value is -1.35. The van der Waals surface area contributed by atoms with Crippen molar-refractivity contribution in [2.75, 3.05) is 0 Å². The lowest BCUT2D eigenvalue weighted by Gasteiger charge is -2.25. The molecule has 0 heterocycles. The second-order valence-corrected chi connectivity index (χ2v) is 5.11. The van der Waals surface area contributed by atoms with Gasteiger partial charge < -0.3 is 10.4 Å². The molecule has 0 saturated heterocycles. The Kier molecular flexibility index (Phi) is 4.37. The minimum absolute atomic E-state index is 0.215. The van der Waals surface area contributed by atoms with Crippen molar-refractivity contribution in [2.45, 2.75) is 50.7 Å². The first kappa shape index (κ1) is 13.1. The molecule has 1 aromatic rings. The molecule has 3 nitrogen and oxygen atoms in total. The van der Waals surface area contributed by atoms with Crippen LogP contribution in [0.15, 0.2) is 30.3 Å². The Bertz CT molecular complexity index is 381. The van der Waals surface area contributed by atoms with E-state index in [1.165, 1.54) is 0 Å². The van der Waals surface area contributed by atoms with Crippen molar-refractivity contribution in [3.8, 4) is 0 Å². The van der Waals surface area contributed by atoms with Crippen LogP contribution in [0.3, 0.4) is 0 Å². The maximum absolute atomic E-state index is 12.1. The van der Waals surface area contributed by atoms with Crippen molar-refractivity contribution in [3.05, 3.63) is 35.9 Å². The van der Waals surface area contributed by atoms with Gasteiger partial charge in [-0.2, -0.15) is 0 Å². The third-order valence-electron chi connectivity index (χ3n) is 3.65. The highest BCUT2D eigenvalue weighted by molar-refractivity contribution is 5.84. The molecule has 1 amide bonds. The topological polar surface area (TPSA) is 49.3 Å². The van der Waals surface area contributed by atoms with Gasteiger partial charge in [-0.25, -0.2) is 0 Å². The molecule has 1 aliphatic rings. The molecule has 3 heteroatoms. The summed E-state index contributed by atoms with van der Waals surface area (Å²) in [6.07, 6.45) is 5.30. The van der Waals surface area contributed by atoms with E-state index in [1.807, 2.05) is 30.3 Å². The summed E-state index contributed by atoms with van der Waals surface area (Å²) in [5.41, 5.74) is -0.0891. The van der Waals surface area contributed by atoms with Gasteiger partial charge >= 0.3 is 0 Å². The fourth-order valence-electron chi connectivity index (χ4n) is 2.48. The summed E-state index contributed by atoms with van der Waals surface area (Å²) in [5.74, 6) is -0.215. The van der Waals surface area contributed by atoms with Gasteiger partial charge in [0, 0.05) is 6.54 Å². The molecular formula is C15H21NO2. The molecule has 0 unspecified atom stereocenters. The van der Waals surface area contributed by atoms with Crippen LogP contribution in [0.1, 0.15) is 44.1 Å². The fraction of sp³-hybridized carbons (Fsp3) is 0.533. The molecule has 0 radical (unpaired) electrons. The van der Waals surface area contributed by atoms with Gasteiger partial charge in [-0.15, -0.1) is 0 Å². The Balaban J connectivity index is 1.90. The van der Waals surface area contributed by atoms with E-state index in [9.17, 15) is 9.90 Å². The minimum atomic E-state index is -1.15. The molecular weight excluding hydrogens is 226 g/mol. The average molecular weight is 247 g/mol. The van der Waals surface area contributed by atoms with Crippen LogP contribution in [0.2, 0.25) is 0 Å². The second kappa shape index (κ2) is 6.01. The first-order valence-corrected chi connectivity index (χ1v) is 6.75. The number of aliphatic hydroxyl groups is 1.